The lowest BCUT2D eigenvalue weighted by Crippen LogP contribution is -2.06. The average molecular weight is 147 g/mol. The molecule has 0 N–H and O–H groups in total. The van der Waals surface area contributed by atoms with E-state index in [1.54, 1.807) is 5.57 Å². The van der Waals surface area contributed by atoms with Gasteiger partial charge in [0.05, 0.1) is 0 Å². The van der Waals surface area contributed by atoms with E-state index in [9.17, 15) is 0 Å². The SMILES string of the molecule is C1=CCC2CCN=CC=C2C1. The molecule has 58 valence electrons. The molecule has 0 saturated carbocycles. The highest BCUT2D eigenvalue weighted by Crippen LogP contribution is 2.28. The minimum absolute atomic E-state index is 0.794. The number of nitrogens with zero attached hydrogens (tertiary/aromatic N) is 1. The fraction of sp³-hybridized carbons (Fsp3) is 0.500. The maximum Gasteiger partial charge on any atom is 0.0395 e. The topological polar surface area (TPSA) is 12.4 Å². The van der Waals surface area contributed by atoms with Gasteiger partial charge in [-0.25, -0.2) is 0 Å². The Bertz CT molecular complexity index is 223. The van der Waals surface area contributed by atoms with E-state index < -0.39 is 0 Å². The predicted molar refractivity (Wildman–Crippen MR) is 47.9 cm³/mol. The van der Waals surface area contributed by atoms with Crippen LogP contribution in [-0.2, 0) is 0 Å². The van der Waals surface area contributed by atoms with E-state index >= 15 is 0 Å². The van der Waals surface area contributed by atoms with E-state index in [0.29, 0.717) is 0 Å². The Balaban J connectivity index is 2.20. The van der Waals surface area contributed by atoms with Crippen LogP contribution < -0.4 is 0 Å². The summed E-state index contributed by atoms with van der Waals surface area (Å²) in [5.41, 5.74) is 1.58. The smallest absolute Gasteiger partial charge is 0.0395 e. The van der Waals surface area contributed by atoms with Crippen LogP contribution in [0, 0.1) is 5.92 Å². The molecule has 0 spiro atoms. The van der Waals surface area contributed by atoms with Crippen LogP contribution in [0.2, 0.25) is 0 Å². The molecule has 0 radical (unpaired) electrons. The molecule has 1 heterocycles. The number of fused-ring (bicyclic) bond motifs is 1. The van der Waals surface area contributed by atoms with Gasteiger partial charge in [-0.15, -0.1) is 0 Å². The van der Waals surface area contributed by atoms with Crippen LogP contribution in [0.5, 0.6) is 0 Å². The van der Waals surface area contributed by atoms with Gasteiger partial charge in [0, 0.05) is 12.8 Å². The van der Waals surface area contributed by atoms with Crippen LogP contribution in [0.4, 0.5) is 0 Å². The summed E-state index contributed by atoms with van der Waals surface area (Å²) < 4.78 is 0. The normalized spacial score (nSPS) is 29.1. The summed E-state index contributed by atoms with van der Waals surface area (Å²) in [6.45, 7) is 1.01. The highest BCUT2D eigenvalue weighted by molar-refractivity contribution is 5.72. The van der Waals surface area contributed by atoms with Crippen LogP contribution in [0.1, 0.15) is 19.3 Å². The van der Waals surface area contributed by atoms with Crippen molar-refractivity contribution < 1.29 is 0 Å². The third kappa shape index (κ3) is 1.42. The zero-order valence-electron chi connectivity index (χ0n) is 6.66. The molecule has 0 amide bonds. The molecule has 2 aliphatic rings. The van der Waals surface area contributed by atoms with Crippen molar-refractivity contribution in [1.82, 2.24) is 0 Å². The standard InChI is InChI=1S/C10H13N/c1-2-4-10-6-8-11-7-5-9(10)3-1/h1-2,5,7,10H,3-4,6,8H2. The van der Waals surface area contributed by atoms with Crippen LogP contribution in [0.3, 0.4) is 0 Å². The van der Waals surface area contributed by atoms with Crippen LogP contribution >= 0.6 is 0 Å². The maximum atomic E-state index is 4.27. The van der Waals surface area contributed by atoms with Gasteiger partial charge in [0.15, 0.2) is 0 Å². The third-order valence-electron chi connectivity index (χ3n) is 2.47. The van der Waals surface area contributed by atoms with Gasteiger partial charge < -0.3 is 0 Å². The van der Waals surface area contributed by atoms with Crippen molar-refractivity contribution in [3.8, 4) is 0 Å². The number of rotatable bonds is 0. The Kier molecular flexibility index (Phi) is 1.89. The summed E-state index contributed by atoms with van der Waals surface area (Å²) in [5.74, 6) is 0.794. The summed E-state index contributed by atoms with van der Waals surface area (Å²) in [4.78, 5) is 4.27. The van der Waals surface area contributed by atoms with Gasteiger partial charge in [-0.2, -0.15) is 0 Å². The lowest BCUT2D eigenvalue weighted by Gasteiger charge is -2.19. The van der Waals surface area contributed by atoms with Crippen molar-refractivity contribution in [3.63, 3.8) is 0 Å². The monoisotopic (exact) mass is 147 g/mol. The molecule has 1 heteroatoms. The Morgan fingerprint density at radius 3 is 3.36 bits per heavy atom. The predicted octanol–water partition coefficient (Wildman–Crippen LogP) is 2.35. The van der Waals surface area contributed by atoms with Gasteiger partial charge in [-0.3, -0.25) is 4.99 Å². The quantitative estimate of drug-likeness (QED) is 0.466. The number of hydrogen-bond donors (Lipinski definition) is 0. The van der Waals surface area contributed by atoms with Crippen LogP contribution in [0.15, 0.2) is 28.8 Å². The van der Waals surface area contributed by atoms with E-state index in [1.807, 2.05) is 6.21 Å². The molecule has 0 bridgehead atoms. The second-order valence-electron chi connectivity index (χ2n) is 3.19. The first-order valence-corrected chi connectivity index (χ1v) is 4.30. The first kappa shape index (κ1) is 6.84. The molecule has 0 aromatic carbocycles. The van der Waals surface area contributed by atoms with Crippen molar-refractivity contribution in [2.75, 3.05) is 6.54 Å². The Labute approximate surface area is 67.5 Å². The van der Waals surface area contributed by atoms with E-state index in [4.69, 9.17) is 0 Å². The van der Waals surface area contributed by atoms with Gasteiger partial charge in [-0.05, 0) is 31.3 Å². The molecule has 1 nitrogen and oxygen atoms in total. The van der Waals surface area contributed by atoms with Gasteiger partial charge in [-0.1, -0.05) is 17.7 Å². The first-order chi connectivity index (χ1) is 5.47. The molecule has 0 saturated heterocycles. The van der Waals surface area contributed by atoms with Crippen LogP contribution in [0.25, 0.3) is 0 Å². The number of hydrogen-bond acceptors (Lipinski definition) is 1. The lowest BCUT2D eigenvalue weighted by molar-refractivity contribution is 0.559. The van der Waals surface area contributed by atoms with Gasteiger partial charge in [0.2, 0.25) is 0 Å². The van der Waals surface area contributed by atoms with Gasteiger partial charge in [0.1, 0.15) is 0 Å². The van der Waals surface area contributed by atoms with Crippen molar-refractivity contribution >= 4 is 6.21 Å². The molecule has 1 aliphatic carbocycles. The van der Waals surface area contributed by atoms with Crippen molar-refractivity contribution in [1.29, 1.82) is 0 Å². The molecule has 1 unspecified atom stereocenters. The molecule has 11 heavy (non-hydrogen) atoms. The largest absolute Gasteiger partial charge is 0.293 e. The minimum atomic E-state index is 0.794. The first-order valence-electron chi connectivity index (χ1n) is 4.30. The average Bonchev–Trinajstić information content (AvgIpc) is 2.28. The van der Waals surface area contributed by atoms with Crippen molar-refractivity contribution in [3.05, 3.63) is 23.8 Å². The fourth-order valence-electron chi connectivity index (χ4n) is 1.76. The summed E-state index contributed by atoms with van der Waals surface area (Å²) in [5, 5.41) is 0. The van der Waals surface area contributed by atoms with E-state index in [2.05, 4.69) is 23.2 Å². The molecule has 1 aliphatic heterocycles. The summed E-state index contributed by atoms with van der Waals surface area (Å²) in [7, 11) is 0. The highest BCUT2D eigenvalue weighted by Gasteiger charge is 2.15. The highest BCUT2D eigenvalue weighted by atomic mass is 14.7. The second-order valence-corrected chi connectivity index (χ2v) is 3.19. The molecule has 2 rings (SSSR count). The molecular formula is C10H13N. The second kappa shape index (κ2) is 3.04. The Hall–Kier alpha value is -0.850. The summed E-state index contributed by atoms with van der Waals surface area (Å²) in [6.07, 6.45) is 12.4. The summed E-state index contributed by atoms with van der Waals surface area (Å²) in [6, 6.07) is 0. The third-order valence-corrected chi connectivity index (χ3v) is 2.47. The molecule has 1 atom stereocenters. The van der Waals surface area contributed by atoms with Crippen LogP contribution in [-0.4, -0.2) is 12.8 Å². The maximum absolute atomic E-state index is 4.27. The number of allylic oxidation sites excluding steroid dienone is 4. The van der Waals surface area contributed by atoms with E-state index in [1.165, 1.54) is 12.8 Å². The fourth-order valence-corrected chi connectivity index (χ4v) is 1.76. The number of aliphatic imine (C=N–C) groups is 1. The zero-order chi connectivity index (χ0) is 7.52. The van der Waals surface area contributed by atoms with Crippen molar-refractivity contribution in [2.24, 2.45) is 10.9 Å². The Morgan fingerprint density at radius 2 is 2.36 bits per heavy atom. The molecule has 0 aromatic rings. The van der Waals surface area contributed by atoms with Gasteiger partial charge in [0.25, 0.3) is 0 Å². The van der Waals surface area contributed by atoms with Crippen molar-refractivity contribution in [2.45, 2.75) is 19.3 Å². The summed E-state index contributed by atoms with van der Waals surface area (Å²) >= 11 is 0. The Morgan fingerprint density at radius 1 is 1.36 bits per heavy atom. The zero-order valence-corrected chi connectivity index (χ0v) is 6.66. The lowest BCUT2D eigenvalue weighted by atomic mass is 9.86. The van der Waals surface area contributed by atoms with Gasteiger partial charge >= 0.3 is 0 Å². The van der Waals surface area contributed by atoms with E-state index in [0.717, 1.165) is 18.9 Å². The van der Waals surface area contributed by atoms with E-state index in [-0.39, 0.29) is 0 Å². The molecular weight excluding hydrogens is 134 g/mol. The molecule has 0 fully saturated rings. The minimum Gasteiger partial charge on any atom is -0.293 e. The molecule has 0 aromatic heterocycles.